The maximum Gasteiger partial charge on any atom is 0.554 e. The van der Waals surface area contributed by atoms with Crippen molar-refractivity contribution in [2.24, 2.45) is 0 Å². The molecule has 3 rings (SSSR count). The van der Waals surface area contributed by atoms with Crippen molar-refractivity contribution in [3.63, 3.8) is 0 Å². The highest BCUT2D eigenvalue weighted by Crippen LogP contribution is 2.26. The van der Waals surface area contributed by atoms with Crippen LogP contribution in [0.5, 0.6) is 0 Å². The van der Waals surface area contributed by atoms with Crippen LogP contribution < -0.4 is 0 Å². The van der Waals surface area contributed by atoms with Crippen molar-refractivity contribution in [1.82, 2.24) is 4.90 Å². The maximum atomic E-state index is 6.38. The van der Waals surface area contributed by atoms with E-state index in [4.69, 9.17) is 13.3 Å². The van der Waals surface area contributed by atoms with Crippen LogP contribution in [-0.4, -0.2) is 68.5 Å². The van der Waals surface area contributed by atoms with Gasteiger partial charge in [-0.2, -0.15) is 0 Å². The standard InChI is InChI=1S/C14H30NO3SSi/c1-6-19(7-2)11-20-16-12(3)8-15(9-13(4)17-20)10-14(5)18-20/h12-14H,6-11H2,1-5H3/q+1. The maximum absolute atomic E-state index is 6.38. The Morgan fingerprint density at radius 3 is 1.65 bits per heavy atom. The van der Waals surface area contributed by atoms with E-state index in [-0.39, 0.29) is 18.3 Å². The molecule has 3 unspecified atom stereocenters. The Balaban J connectivity index is 2.22. The van der Waals surface area contributed by atoms with Crippen LogP contribution in [-0.2, 0) is 24.2 Å². The smallest absolute Gasteiger partial charge is 0.367 e. The molecular weight excluding hydrogens is 290 g/mol. The van der Waals surface area contributed by atoms with Crippen LogP contribution in [0.2, 0.25) is 0 Å². The minimum atomic E-state index is -2.54. The zero-order chi connectivity index (χ0) is 14.8. The van der Waals surface area contributed by atoms with Crippen molar-refractivity contribution < 1.29 is 13.3 Å². The fourth-order valence-electron chi connectivity index (χ4n) is 3.19. The summed E-state index contributed by atoms with van der Waals surface area (Å²) in [6, 6.07) is 0. The zero-order valence-corrected chi connectivity index (χ0v) is 15.4. The lowest BCUT2D eigenvalue weighted by Gasteiger charge is -2.44. The molecule has 0 aromatic carbocycles. The summed E-state index contributed by atoms with van der Waals surface area (Å²) in [5.41, 5.74) is 0. The highest BCUT2D eigenvalue weighted by Gasteiger charge is 2.54. The van der Waals surface area contributed by atoms with Crippen LogP contribution in [0.25, 0.3) is 0 Å². The summed E-state index contributed by atoms with van der Waals surface area (Å²) in [5, 5.41) is 0.999. The summed E-state index contributed by atoms with van der Waals surface area (Å²) in [6.07, 6.45) is 0.627. The van der Waals surface area contributed by atoms with Gasteiger partial charge in [-0.15, -0.1) is 0 Å². The number of rotatable bonds is 4. The molecule has 0 amide bonds. The van der Waals surface area contributed by atoms with Gasteiger partial charge in [-0.05, 0) is 45.5 Å². The lowest BCUT2D eigenvalue weighted by molar-refractivity contribution is -0.0758. The SMILES string of the molecule is CC[S+](CC)C[Si]12OC(C)CN(CC(C)O1)CC(C)O2. The molecule has 0 spiro atoms. The van der Waals surface area contributed by atoms with Gasteiger partial charge in [0.1, 0.15) is 11.5 Å². The summed E-state index contributed by atoms with van der Waals surface area (Å²) < 4.78 is 19.2. The van der Waals surface area contributed by atoms with Gasteiger partial charge in [0.15, 0.2) is 5.38 Å². The van der Waals surface area contributed by atoms with Crippen molar-refractivity contribution in [2.75, 3.05) is 36.5 Å². The Kier molecular flexibility index (Phi) is 5.96. The van der Waals surface area contributed by atoms with Crippen LogP contribution in [0.3, 0.4) is 0 Å². The molecule has 3 heterocycles. The number of hydrogen-bond donors (Lipinski definition) is 0. The van der Waals surface area contributed by atoms with E-state index in [1.165, 1.54) is 11.5 Å². The Bertz CT molecular complexity index is 281. The van der Waals surface area contributed by atoms with Gasteiger partial charge in [0.25, 0.3) is 0 Å². The molecule has 0 radical (unpaired) electrons. The normalized spacial score (nSPS) is 42.3. The fraction of sp³-hybridized carbons (Fsp3) is 1.00. The van der Waals surface area contributed by atoms with Gasteiger partial charge < -0.3 is 13.3 Å². The van der Waals surface area contributed by atoms with E-state index in [1.807, 2.05) is 0 Å². The molecule has 2 bridgehead atoms. The Morgan fingerprint density at radius 1 is 0.900 bits per heavy atom. The van der Waals surface area contributed by atoms with E-state index in [9.17, 15) is 0 Å². The predicted molar refractivity (Wildman–Crippen MR) is 87.1 cm³/mol. The highest BCUT2D eigenvalue weighted by atomic mass is 32.2. The van der Waals surface area contributed by atoms with Crippen LogP contribution in [0.1, 0.15) is 34.6 Å². The molecule has 3 fully saturated rings. The molecule has 3 aliphatic rings. The first kappa shape index (κ1) is 16.8. The highest BCUT2D eigenvalue weighted by molar-refractivity contribution is 7.98. The van der Waals surface area contributed by atoms with Crippen LogP contribution in [0.15, 0.2) is 0 Å². The molecule has 6 heteroatoms. The third kappa shape index (κ3) is 4.21. The topological polar surface area (TPSA) is 30.9 Å². The Hall–Kier alpha value is 0.407. The molecule has 0 N–H and O–H groups in total. The third-order valence-corrected chi connectivity index (χ3v) is 10.9. The van der Waals surface area contributed by atoms with Gasteiger partial charge in [-0.1, -0.05) is 0 Å². The van der Waals surface area contributed by atoms with E-state index in [0.29, 0.717) is 10.9 Å². The van der Waals surface area contributed by atoms with Gasteiger partial charge >= 0.3 is 8.80 Å². The lowest BCUT2D eigenvalue weighted by Crippen LogP contribution is -2.64. The monoisotopic (exact) mass is 320 g/mol. The molecule has 0 aromatic rings. The molecule has 0 aliphatic carbocycles. The fourth-order valence-corrected chi connectivity index (χ4v) is 10.3. The number of hydrogen-bond acceptors (Lipinski definition) is 4. The second kappa shape index (κ2) is 7.11. The Labute approximate surface area is 127 Å². The molecule has 3 atom stereocenters. The van der Waals surface area contributed by atoms with E-state index < -0.39 is 8.80 Å². The van der Waals surface area contributed by atoms with Crippen LogP contribution in [0, 0.1) is 0 Å². The number of nitrogens with zero attached hydrogens (tertiary/aromatic N) is 1. The average Bonchev–Trinajstić information content (AvgIpc) is 2.31. The predicted octanol–water partition coefficient (Wildman–Crippen LogP) is 1.67. The molecule has 0 saturated carbocycles. The van der Waals surface area contributed by atoms with E-state index in [0.717, 1.165) is 25.0 Å². The second-order valence-corrected chi connectivity index (χ2v) is 11.6. The molecule has 20 heavy (non-hydrogen) atoms. The van der Waals surface area contributed by atoms with Gasteiger partial charge in [-0.3, -0.25) is 4.90 Å². The first-order valence-electron chi connectivity index (χ1n) is 7.86. The van der Waals surface area contributed by atoms with Gasteiger partial charge in [0.05, 0.1) is 18.3 Å². The van der Waals surface area contributed by atoms with E-state index >= 15 is 0 Å². The lowest BCUT2D eigenvalue weighted by atomic mass is 10.2. The molecular formula is C14H30NO3SSi+. The Morgan fingerprint density at radius 2 is 1.30 bits per heavy atom. The molecule has 4 nitrogen and oxygen atoms in total. The minimum absolute atomic E-state index is 0.209. The second-order valence-electron chi connectivity index (χ2n) is 6.02. The summed E-state index contributed by atoms with van der Waals surface area (Å²) in [4.78, 5) is 2.41. The van der Waals surface area contributed by atoms with Gasteiger partial charge in [0, 0.05) is 19.6 Å². The quantitative estimate of drug-likeness (QED) is 0.582. The molecule has 0 aromatic heterocycles. The van der Waals surface area contributed by atoms with Crippen molar-refractivity contribution in [3.8, 4) is 0 Å². The van der Waals surface area contributed by atoms with Crippen molar-refractivity contribution in [2.45, 2.75) is 52.9 Å². The number of fused-ring (bicyclic) bond motifs is 6. The summed E-state index contributed by atoms with van der Waals surface area (Å²) in [5.74, 6) is 2.40. The first-order chi connectivity index (χ1) is 9.46. The van der Waals surface area contributed by atoms with Crippen LogP contribution in [0.4, 0.5) is 0 Å². The third-order valence-electron chi connectivity index (χ3n) is 3.89. The van der Waals surface area contributed by atoms with Crippen molar-refractivity contribution >= 4 is 19.7 Å². The summed E-state index contributed by atoms with van der Waals surface area (Å²) >= 11 is 0. The molecule has 118 valence electrons. The first-order valence-corrected chi connectivity index (χ1v) is 11.5. The minimum Gasteiger partial charge on any atom is -0.367 e. The van der Waals surface area contributed by atoms with E-state index in [2.05, 4.69) is 39.5 Å². The molecule has 3 saturated heterocycles. The molecule has 3 aliphatic heterocycles. The van der Waals surface area contributed by atoms with Crippen molar-refractivity contribution in [1.29, 1.82) is 0 Å². The van der Waals surface area contributed by atoms with Crippen LogP contribution >= 0.6 is 0 Å². The largest absolute Gasteiger partial charge is 0.554 e. The van der Waals surface area contributed by atoms with Crippen molar-refractivity contribution in [3.05, 3.63) is 0 Å². The van der Waals surface area contributed by atoms with Gasteiger partial charge in [-0.25, -0.2) is 0 Å². The van der Waals surface area contributed by atoms with Gasteiger partial charge in [0.2, 0.25) is 0 Å². The average molecular weight is 321 g/mol. The summed E-state index contributed by atoms with van der Waals surface area (Å²) in [6.45, 7) is 14.0. The summed E-state index contributed by atoms with van der Waals surface area (Å²) in [7, 11) is -2.18. The van der Waals surface area contributed by atoms with E-state index in [1.54, 1.807) is 0 Å². The zero-order valence-electron chi connectivity index (χ0n) is 13.6.